The van der Waals surface area contributed by atoms with E-state index < -0.39 is 10.0 Å². The highest BCUT2D eigenvalue weighted by Crippen LogP contribution is 2.24. The molecule has 0 aliphatic carbocycles. The average Bonchev–Trinajstić information content (AvgIpc) is 2.37. The standard InChI is InChI=1S/C13H12BrFN2O2S/c14-12-7-11(16)5-6-13(12)20(18,19)17-8-9-1-3-10(15)4-2-9/h1-7,17H,8,16H2. The Morgan fingerprint density at radius 3 is 2.40 bits per heavy atom. The summed E-state index contributed by atoms with van der Waals surface area (Å²) in [5.74, 6) is -0.363. The summed E-state index contributed by atoms with van der Waals surface area (Å²) < 4.78 is 39.9. The molecular weight excluding hydrogens is 347 g/mol. The summed E-state index contributed by atoms with van der Waals surface area (Å²) in [5.41, 5.74) is 6.70. The van der Waals surface area contributed by atoms with Crippen molar-refractivity contribution in [2.45, 2.75) is 11.4 Å². The van der Waals surface area contributed by atoms with Crippen LogP contribution in [0.2, 0.25) is 0 Å². The van der Waals surface area contributed by atoms with Crippen molar-refractivity contribution in [2.24, 2.45) is 0 Å². The third-order valence-electron chi connectivity index (χ3n) is 2.63. The van der Waals surface area contributed by atoms with Gasteiger partial charge in [0.25, 0.3) is 0 Å². The van der Waals surface area contributed by atoms with Crippen molar-refractivity contribution in [3.05, 3.63) is 58.3 Å². The number of nitrogens with one attached hydrogen (secondary N) is 1. The van der Waals surface area contributed by atoms with Crippen molar-refractivity contribution in [1.82, 2.24) is 4.72 Å². The zero-order valence-electron chi connectivity index (χ0n) is 10.3. The van der Waals surface area contributed by atoms with Crippen LogP contribution < -0.4 is 10.5 Å². The molecule has 0 amide bonds. The first kappa shape index (κ1) is 15.0. The molecule has 7 heteroatoms. The van der Waals surface area contributed by atoms with Crippen molar-refractivity contribution < 1.29 is 12.8 Å². The number of nitrogen functional groups attached to an aromatic ring is 1. The van der Waals surface area contributed by atoms with E-state index in [2.05, 4.69) is 20.7 Å². The summed E-state index contributed by atoms with van der Waals surface area (Å²) in [6, 6.07) is 10.1. The van der Waals surface area contributed by atoms with Crippen LogP contribution in [0.1, 0.15) is 5.56 Å². The van der Waals surface area contributed by atoms with E-state index in [4.69, 9.17) is 5.73 Å². The Balaban J connectivity index is 2.17. The highest BCUT2D eigenvalue weighted by atomic mass is 79.9. The lowest BCUT2D eigenvalue weighted by atomic mass is 10.2. The van der Waals surface area contributed by atoms with Crippen LogP contribution in [0.3, 0.4) is 0 Å². The van der Waals surface area contributed by atoms with Gasteiger partial charge in [0.2, 0.25) is 10.0 Å². The van der Waals surface area contributed by atoms with Crippen molar-refractivity contribution in [1.29, 1.82) is 0 Å². The molecule has 2 rings (SSSR count). The Morgan fingerprint density at radius 2 is 1.80 bits per heavy atom. The van der Waals surface area contributed by atoms with E-state index in [1.165, 1.54) is 42.5 Å². The third-order valence-corrected chi connectivity index (χ3v) is 5.00. The molecule has 0 aliphatic heterocycles. The van der Waals surface area contributed by atoms with E-state index in [9.17, 15) is 12.8 Å². The van der Waals surface area contributed by atoms with Gasteiger partial charge in [0, 0.05) is 16.7 Å². The third kappa shape index (κ3) is 3.56. The molecule has 0 aliphatic rings. The molecule has 0 radical (unpaired) electrons. The highest BCUT2D eigenvalue weighted by Gasteiger charge is 2.17. The van der Waals surface area contributed by atoms with Crippen LogP contribution in [-0.2, 0) is 16.6 Å². The molecule has 106 valence electrons. The van der Waals surface area contributed by atoms with E-state index in [-0.39, 0.29) is 17.3 Å². The lowest BCUT2D eigenvalue weighted by molar-refractivity contribution is 0.580. The van der Waals surface area contributed by atoms with Gasteiger partial charge < -0.3 is 5.73 Å². The SMILES string of the molecule is Nc1ccc(S(=O)(=O)NCc2ccc(F)cc2)c(Br)c1. The smallest absolute Gasteiger partial charge is 0.241 e. The van der Waals surface area contributed by atoms with Gasteiger partial charge in [-0.3, -0.25) is 0 Å². The van der Waals surface area contributed by atoms with E-state index in [1.54, 1.807) is 0 Å². The average molecular weight is 359 g/mol. The molecular formula is C13H12BrFN2O2S. The minimum atomic E-state index is -3.66. The van der Waals surface area contributed by atoms with Gasteiger partial charge in [-0.25, -0.2) is 17.5 Å². The molecule has 0 spiro atoms. The fraction of sp³-hybridized carbons (Fsp3) is 0.0769. The minimum absolute atomic E-state index is 0.0828. The first-order valence-electron chi connectivity index (χ1n) is 5.67. The number of benzene rings is 2. The van der Waals surface area contributed by atoms with Crippen molar-refractivity contribution >= 4 is 31.6 Å². The molecule has 4 nitrogen and oxygen atoms in total. The van der Waals surface area contributed by atoms with Crippen LogP contribution in [0.4, 0.5) is 10.1 Å². The summed E-state index contributed by atoms with van der Waals surface area (Å²) in [4.78, 5) is 0.105. The Morgan fingerprint density at radius 1 is 1.15 bits per heavy atom. The molecule has 0 aromatic heterocycles. The van der Waals surface area contributed by atoms with Crippen LogP contribution in [0.15, 0.2) is 51.8 Å². The molecule has 0 saturated carbocycles. The topological polar surface area (TPSA) is 72.2 Å². The molecule has 0 fully saturated rings. The van der Waals surface area contributed by atoms with Gasteiger partial charge in [-0.1, -0.05) is 12.1 Å². The largest absolute Gasteiger partial charge is 0.399 e. The molecule has 3 N–H and O–H groups in total. The van der Waals surface area contributed by atoms with E-state index in [0.29, 0.717) is 15.7 Å². The zero-order valence-corrected chi connectivity index (χ0v) is 12.7. The van der Waals surface area contributed by atoms with Gasteiger partial charge in [0.1, 0.15) is 5.82 Å². The summed E-state index contributed by atoms with van der Waals surface area (Å²) in [5, 5.41) is 0. The van der Waals surface area contributed by atoms with E-state index in [1.807, 2.05) is 0 Å². The maximum absolute atomic E-state index is 12.8. The molecule has 0 saturated heterocycles. The number of nitrogens with two attached hydrogens (primary N) is 1. The highest BCUT2D eigenvalue weighted by molar-refractivity contribution is 9.10. The first-order chi connectivity index (χ1) is 9.38. The Hall–Kier alpha value is -1.44. The second-order valence-electron chi connectivity index (χ2n) is 4.14. The second kappa shape index (κ2) is 5.90. The number of sulfonamides is 1. The molecule has 0 unspecified atom stereocenters. The predicted molar refractivity (Wildman–Crippen MR) is 79.0 cm³/mol. The molecule has 0 heterocycles. The van der Waals surface area contributed by atoms with Gasteiger partial charge in [-0.2, -0.15) is 0 Å². The Labute approximate surface area is 125 Å². The van der Waals surface area contributed by atoms with Crippen LogP contribution in [0.5, 0.6) is 0 Å². The molecule has 20 heavy (non-hydrogen) atoms. The van der Waals surface area contributed by atoms with Gasteiger partial charge in [-0.15, -0.1) is 0 Å². The lowest BCUT2D eigenvalue weighted by Crippen LogP contribution is -2.23. The van der Waals surface area contributed by atoms with Crippen LogP contribution in [0.25, 0.3) is 0 Å². The van der Waals surface area contributed by atoms with Crippen molar-refractivity contribution in [2.75, 3.05) is 5.73 Å². The van der Waals surface area contributed by atoms with E-state index >= 15 is 0 Å². The number of anilines is 1. The predicted octanol–water partition coefficient (Wildman–Crippen LogP) is 2.65. The quantitative estimate of drug-likeness (QED) is 0.825. The fourth-order valence-corrected chi connectivity index (χ4v) is 3.70. The summed E-state index contributed by atoms with van der Waals surface area (Å²) in [6.07, 6.45) is 0. The minimum Gasteiger partial charge on any atom is -0.399 e. The number of hydrogen-bond donors (Lipinski definition) is 2. The van der Waals surface area contributed by atoms with Crippen LogP contribution >= 0.6 is 15.9 Å². The summed E-state index contributed by atoms with van der Waals surface area (Å²) >= 11 is 3.17. The fourth-order valence-electron chi connectivity index (χ4n) is 1.59. The number of halogens is 2. The Bertz CT molecular complexity index is 718. The molecule has 2 aromatic carbocycles. The Kier molecular flexibility index (Phi) is 4.42. The van der Waals surface area contributed by atoms with E-state index in [0.717, 1.165) is 0 Å². The van der Waals surface area contributed by atoms with Gasteiger partial charge in [0.05, 0.1) is 4.90 Å². The van der Waals surface area contributed by atoms with Gasteiger partial charge in [-0.05, 0) is 51.8 Å². The number of rotatable bonds is 4. The maximum atomic E-state index is 12.8. The zero-order chi connectivity index (χ0) is 14.8. The second-order valence-corrected chi connectivity index (χ2v) is 6.73. The maximum Gasteiger partial charge on any atom is 0.241 e. The van der Waals surface area contributed by atoms with Gasteiger partial charge in [0.15, 0.2) is 0 Å². The first-order valence-corrected chi connectivity index (χ1v) is 7.95. The normalized spacial score (nSPS) is 11.5. The van der Waals surface area contributed by atoms with Crippen LogP contribution in [-0.4, -0.2) is 8.42 Å². The summed E-state index contributed by atoms with van der Waals surface area (Å²) in [6.45, 7) is 0.0828. The monoisotopic (exact) mass is 358 g/mol. The van der Waals surface area contributed by atoms with Crippen molar-refractivity contribution in [3.8, 4) is 0 Å². The molecule has 0 atom stereocenters. The van der Waals surface area contributed by atoms with Crippen molar-refractivity contribution in [3.63, 3.8) is 0 Å². The molecule has 2 aromatic rings. The molecule has 0 bridgehead atoms. The lowest BCUT2D eigenvalue weighted by Gasteiger charge is -2.09. The van der Waals surface area contributed by atoms with Crippen LogP contribution in [0, 0.1) is 5.82 Å². The van der Waals surface area contributed by atoms with Gasteiger partial charge >= 0.3 is 0 Å². The summed E-state index contributed by atoms with van der Waals surface area (Å²) in [7, 11) is -3.66. The number of hydrogen-bond acceptors (Lipinski definition) is 3.